The maximum atomic E-state index is 5.97. The van der Waals surface area contributed by atoms with Gasteiger partial charge in [-0.3, -0.25) is 0 Å². The molecule has 3 heteroatoms. The van der Waals surface area contributed by atoms with E-state index >= 15 is 0 Å². The number of aromatic nitrogens is 1. The first-order chi connectivity index (χ1) is 8.08. The summed E-state index contributed by atoms with van der Waals surface area (Å²) in [7, 11) is 0. The smallest absolute Gasteiger partial charge is 0.130 e. The molecule has 1 saturated carbocycles. The molecule has 1 heterocycles. The summed E-state index contributed by atoms with van der Waals surface area (Å²) in [5, 5.41) is 0. The number of aryl methyl sites for hydroxylation is 1. The second kappa shape index (κ2) is 4.94. The lowest BCUT2D eigenvalue weighted by molar-refractivity contribution is 0.568. The quantitative estimate of drug-likeness (QED) is 0.850. The minimum absolute atomic E-state index is 0.698. The van der Waals surface area contributed by atoms with Crippen LogP contribution in [-0.4, -0.2) is 17.6 Å². The number of pyridine rings is 1. The summed E-state index contributed by atoms with van der Waals surface area (Å²) >= 11 is 0. The Balaban J connectivity index is 2.11. The Bertz CT molecular complexity index is 383. The van der Waals surface area contributed by atoms with Gasteiger partial charge in [0, 0.05) is 30.5 Å². The third kappa shape index (κ3) is 3.11. The largest absolute Gasteiger partial charge is 0.398 e. The van der Waals surface area contributed by atoms with Crippen LogP contribution >= 0.6 is 0 Å². The third-order valence-corrected chi connectivity index (χ3v) is 3.36. The average molecular weight is 233 g/mol. The minimum atomic E-state index is 0.698. The molecule has 0 radical (unpaired) electrons. The lowest BCUT2D eigenvalue weighted by atomic mass is 10.1. The summed E-state index contributed by atoms with van der Waals surface area (Å²) in [5.41, 5.74) is 7.88. The van der Waals surface area contributed by atoms with E-state index in [1.54, 1.807) is 0 Å². The lowest BCUT2D eigenvalue weighted by Gasteiger charge is -2.25. The number of anilines is 2. The topological polar surface area (TPSA) is 42.2 Å². The van der Waals surface area contributed by atoms with Gasteiger partial charge in [0.2, 0.25) is 0 Å². The molecule has 1 aliphatic carbocycles. The van der Waals surface area contributed by atoms with Crippen LogP contribution in [0.2, 0.25) is 0 Å². The van der Waals surface area contributed by atoms with Gasteiger partial charge in [0.1, 0.15) is 5.82 Å². The van der Waals surface area contributed by atoms with Crippen molar-refractivity contribution in [1.82, 2.24) is 4.98 Å². The molecular formula is C14H23N3. The van der Waals surface area contributed by atoms with Gasteiger partial charge in [-0.15, -0.1) is 0 Å². The highest BCUT2D eigenvalue weighted by molar-refractivity contribution is 5.55. The zero-order chi connectivity index (χ0) is 12.4. The maximum Gasteiger partial charge on any atom is 0.130 e. The molecule has 0 unspecified atom stereocenters. The van der Waals surface area contributed by atoms with Crippen molar-refractivity contribution in [3.63, 3.8) is 0 Å². The zero-order valence-electron chi connectivity index (χ0n) is 11.1. The van der Waals surface area contributed by atoms with E-state index < -0.39 is 0 Å². The number of hydrogen-bond donors (Lipinski definition) is 1. The highest BCUT2D eigenvalue weighted by Crippen LogP contribution is 2.32. The van der Waals surface area contributed by atoms with Gasteiger partial charge >= 0.3 is 0 Å². The Morgan fingerprint density at radius 2 is 2.18 bits per heavy atom. The monoisotopic (exact) mass is 233 g/mol. The zero-order valence-corrected chi connectivity index (χ0v) is 11.1. The minimum Gasteiger partial charge on any atom is -0.398 e. The van der Waals surface area contributed by atoms with Crippen LogP contribution in [0, 0.1) is 12.8 Å². The molecule has 1 aliphatic rings. The van der Waals surface area contributed by atoms with E-state index in [0.717, 1.165) is 29.5 Å². The second-order valence-corrected chi connectivity index (χ2v) is 5.51. The molecule has 2 N–H and O–H groups in total. The van der Waals surface area contributed by atoms with E-state index in [4.69, 9.17) is 5.73 Å². The summed E-state index contributed by atoms with van der Waals surface area (Å²) in [6, 6.07) is 2.72. The Morgan fingerprint density at radius 1 is 1.47 bits per heavy atom. The normalized spacial score (nSPS) is 15.3. The number of nitrogens with two attached hydrogens (primary N) is 1. The van der Waals surface area contributed by atoms with Crippen molar-refractivity contribution in [1.29, 1.82) is 0 Å². The van der Waals surface area contributed by atoms with Crippen LogP contribution in [0.15, 0.2) is 12.3 Å². The van der Waals surface area contributed by atoms with E-state index in [1.165, 1.54) is 19.3 Å². The molecule has 0 spiro atoms. The average Bonchev–Trinajstić information content (AvgIpc) is 3.07. The molecule has 1 aromatic heterocycles. The highest BCUT2D eigenvalue weighted by atomic mass is 15.2. The van der Waals surface area contributed by atoms with E-state index in [9.17, 15) is 0 Å². The van der Waals surface area contributed by atoms with E-state index in [-0.39, 0.29) is 0 Å². The summed E-state index contributed by atoms with van der Waals surface area (Å²) in [6.07, 6.45) is 5.70. The Labute approximate surface area is 104 Å². The molecule has 2 rings (SSSR count). The van der Waals surface area contributed by atoms with E-state index in [1.807, 2.05) is 19.2 Å². The Hall–Kier alpha value is -1.25. The van der Waals surface area contributed by atoms with Gasteiger partial charge in [-0.05, 0) is 37.7 Å². The molecule has 0 atom stereocenters. The fraction of sp³-hybridized carbons (Fsp3) is 0.643. The van der Waals surface area contributed by atoms with Gasteiger partial charge in [0.05, 0.1) is 0 Å². The van der Waals surface area contributed by atoms with Crippen LogP contribution in [0.5, 0.6) is 0 Å². The fourth-order valence-electron chi connectivity index (χ4n) is 1.95. The van der Waals surface area contributed by atoms with Crippen molar-refractivity contribution in [2.45, 2.75) is 46.1 Å². The van der Waals surface area contributed by atoms with E-state index in [0.29, 0.717) is 6.04 Å². The number of hydrogen-bond acceptors (Lipinski definition) is 3. The van der Waals surface area contributed by atoms with Gasteiger partial charge in [0.15, 0.2) is 0 Å². The van der Waals surface area contributed by atoms with Crippen LogP contribution in [-0.2, 0) is 0 Å². The maximum absolute atomic E-state index is 5.97. The highest BCUT2D eigenvalue weighted by Gasteiger charge is 2.29. The van der Waals surface area contributed by atoms with Crippen molar-refractivity contribution in [3.05, 3.63) is 17.8 Å². The molecule has 0 amide bonds. The van der Waals surface area contributed by atoms with Gasteiger partial charge in [-0.2, -0.15) is 0 Å². The second-order valence-electron chi connectivity index (χ2n) is 5.51. The molecule has 1 aromatic rings. The third-order valence-electron chi connectivity index (χ3n) is 3.36. The van der Waals surface area contributed by atoms with Gasteiger partial charge in [-0.25, -0.2) is 4.98 Å². The molecule has 0 bridgehead atoms. The number of nitrogen functional groups attached to an aromatic ring is 1. The van der Waals surface area contributed by atoms with Crippen molar-refractivity contribution in [3.8, 4) is 0 Å². The molecule has 94 valence electrons. The summed E-state index contributed by atoms with van der Waals surface area (Å²) in [5.74, 6) is 1.79. The predicted octanol–water partition coefficient (Wildman–Crippen LogP) is 2.99. The van der Waals surface area contributed by atoms with Crippen LogP contribution in [0.1, 0.15) is 38.7 Å². The lowest BCUT2D eigenvalue weighted by Crippen LogP contribution is -2.28. The van der Waals surface area contributed by atoms with Crippen LogP contribution in [0.25, 0.3) is 0 Å². The Morgan fingerprint density at radius 3 is 2.71 bits per heavy atom. The first-order valence-corrected chi connectivity index (χ1v) is 6.56. The first kappa shape index (κ1) is 12.2. The standard InChI is InChI=1S/C14H23N3/c1-10(2)6-7-17(12-4-5-12)14-8-13(15)11(3)9-16-14/h8-10,12H,4-7H2,1-3H3,(H2,15,16). The molecule has 0 saturated heterocycles. The number of nitrogens with zero attached hydrogens (tertiary/aromatic N) is 2. The molecule has 0 aromatic carbocycles. The van der Waals surface area contributed by atoms with Crippen LogP contribution < -0.4 is 10.6 Å². The van der Waals surface area contributed by atoms with Crippen molar-refractivity contribution >= 4 is 11.5 Å². The van der Waals surface area contributed by atoms with Crippen molar-refractivity contribution in [2.75, 3.05) is 17.2 Å². The molecule has 1 fully saturated rings. The van der Waals surface area contributed by atoms with Gasteiger partial charge < -0.3 is 10.6 Å². The summed E-state index contributed by atoms with van der Waals surface area (Å²) < 4.78 is 0. The molecule has 17 heavy (non-hydrogen) atoms. The summed E-state index contributed by atoms with van der Waals surface area (Å²) in [4.78, 5) is 6.95. The predicted molar refractivity (Wildman–Crippen MR) is 73.2 cm³/mol. The van der Waals surface area contributed by atoms with Crippen molar-refractivity contribution < 1.29 is 0 Å². The fourth-order valence-corrected chi connectivity index (χ4v) is 1.95. The molecular weight excluding hydrogens is 210 g/mol. The first-order valence-electron chi connectivity index (χ1n) is 6.56. The Kier molecular flexibility index (Phi) is 3.55. The van der Waals surface area contributed by atoms with Crippen LogP contribution in [0.4, 0.5) is 11.5 Å². The van der Waals surface area contributed by atoms with Crippen LogP contribution in [0.3, 0.4) is 0 Å². The molecule has 3 nitrogen and oxygen atoms in total. The van der Waals surface area contributed by atoms with E-state index in [2.05, 4.69) is 23.7 Å². The number of rotatable bonds is 5. The SMILES string of the molecule is Cc1cnc(N(CCC(C)C)C2CC2)cc1N. The van der Waals surface area contributed by atoms with Gasteiger partial charge in [0.25, 0.3) is 0 Å². The summed E-state index contributed by atoms with van der Waals surface area (Å²) in [6.45, 7) is 7.63. The van der Waals surface area contributed by atoms with Crippen molar-refractivity contribution in [2.24, 2.45) is 5.92 Å². The molecule has 0 aliphatic heterocycles. The van der Waals surface area contributed by atoms with Gasteiger partial charge in [-0.1, -0.05) is 13.8 Å².